The number of anilines is 1. The van der Waals surface area contributed by atoms with Crippen LogP contribution in [-0.4, -0.2) is 60.9 Å². The van der Waals surface area contributed by atoms with Gasteiger partial charge in [0.1, 0.15) is 0 Å². The highest BCUT2D eigenvalue weighted by Crippen LogP contribution is 2.38. The molecule has 0 saturated carbocycles. The van der Waals surface area contributed by atoms with Crippen molar-refractivity contribution >= 4 is 27.5 Å². The number of sulfonamides is 1. The van der Waals surface area contributed by atoms with Crippen LogP contribution in [0.5, 0.6) is 17.2 Å². The number of benzene rings is 2. The van der Waals surface area contributed by atoms with Crippen molar-refractivity contribution in [2.45, 2.75) is 12.8 Å². The summed E-state index contributed by atoms with van der Waals surface area (Å²) in [4.78, 5) is 25.1. The van der Waals surface area contributed by atoms with Crippen LogP contribution >= 0.6 is 0 Å². The Morgan fingerprint density at radius 2 is 1.62 bits per heavy atom. The third-order valence-electron chi connectivity index (χ3n) is 5.11. The van der Waals surface area contributed by atoms with Crippen LogP contribution in [0, 0.1) is 0 Å². The number of aryl methyl sites for hydroxylation is 1. The Morgan fingerprint density at radius 1 is 0.969 bits per heavy atom. The number of hydrogen-bond donors (Lipinski definition) is 0. The van der Waals surface area contributed by atoms with E-state index in [0.717, 1.165) is 11.8 Å². The molecule has 0 spiro atoms. The van der Waals surface area contributed by atoms with E-state index in [-0.39, 0.29) is 17.1 Å². The van der Waals surface area contributed by atoms with Crippen LogP contribution in [0.2, 0.25) is 0 Å². The summed E-state index contributed by atoms with van der Waals surface area (Å²) in [5.41, 5.74) is 1.83. The van der Waals surface area contributed by atoms with Gasteiger partial charge in [0.25, 0.3) is 0 Å². The van der Waals surface area contributed by atoms with Crippen molar-refractivity contribution in [2.75, 3.05) is 45.0 Å². The number of esters is 1. The zero-order chi connectivity index (χ0) is 23.5. The van der Waals surface area contributed by atoms with Gasteiger partial charge < -0.3 is 18.9 Å². The second-order valence-corrected chi connectivity index (χ2v) is 9.10. The predicted octanol–water partition coefficient (Wildman–Crippen LogP) is 2.46. The molecule has 2 aromatic rings. The van der Waals surface area contributed by atoms with Crippen molar-refractivity contribution in [1.82, 2.24) is 0 Å². The fourth-order valence-electron chi connectivity index (χ4n) is 3.58. The highest BCUT2D eigenvalue weighted by molar-refractivity contribution is 7.92. The normalized spacial score (nSPS) is 13.2. The van der Waals surface area contributed by atoms with Gasteiger partial charge in [-0.1, -0.05) is 0 Å². The zero-order valence-electron chi connectivity index (χ0n) is 18.3. The van der Waals surface area contributed by atoms with Crippen molar-refractivity contribution in [1.29, 1.82) is 0 Å². The summed E-state index contributed by atoms with van der Waals surface area (Å²) < 4.78 is 46.2. The summed E-state index contributed by atoms with van der Waals surface area (Å²) in [6.07, 6.45) is 2.48. The molecule has 0 aliphatic carbocycles. The minimum absolute atomic E-state index is 0.140. The summed E-state index contributed by atoms with van der Waals surface area (Å²) in [7, 11) is 0.913. The van der Waals surface area contributed by atoms with Crippen LogP contribution in [0.3, 0.4) is 0 Å². The molecule has 0 N–H and O–H groups in total. The first-order valence-electron chi connectivity index (χ1n) is 9.80. The molecule has 0 bridgehead atoms. The Morgan fingerprint density at radius 3 is 2.19 bits per heavy atom. The maximum Gasteiger partial charge on any atom is 0.338 e. The van der Waals surface area contributed by atoms with Crippen molar-refractivity contribution < 1.29 is 37.0 Å². The lowest BCUT2D eigenvalue weighted by Crippen LogP contribution is -2.34. The molecule has 3 rings (SSSR count). The molecule has 0 fully saturated rings. The number of ether oxygens (including phenoxy) is 4. The average Bonchev–Trinajstić information content (AvgIpc) is 2.79. The molecular weight excluding hydrogens is 438 g/mol. The number of methoxy groups -OCH3 is 3. The first-order valence-corrected chi connectivity index (χ1v) is 11.7. The molecule has 0 radical (unpaired) electrons. The second kappa shape index (κ2) is 9.47. The van der Waals surface area contributed by atoms with Crippen LogP contribution in [0.4, 0.5) is 5.69 Å². The number of fused-ring (bicyclic) bond motifs is 1. The van der Waals surface area contributed by atoms with E-state index in [1.807, 2.05) is 0 Å². The van der Waals surface area contributed by atoms with E-state index in [9.17, 15) is 18.0 Å². The lowest BCUT2D eigenvalue weighted by molar-refractivity contribution is 0.0474. The lowest BCUT2D eigenvalue weighted by atomic mass is 9.99. The second-order valence-electron chi connectivity index (χ2n) is 7.20. The van der Waals surface area contributed by atoms with E-state index in [4.69, 9.17) is 18.9 Å². The molecule has 2 aromatic carbocycles. The molecule has 172 valence electrons. The van der Waals surface area contributed by atoms with Crippen molar-refractivity contribution in [3.63, 3.8) is 0 Å². The fraction of sp³-hybridized carbons (Fsp3) is 0.364. The van der Waals surface area contributed by atoms with Gasteiger partial charge >= 0.3 is 5.97 Å². The van der Waals surface area contributed by atoms with Gasteiger partial charge in [0.15, 0.2) is 23.9 Å². The first-order chi connectivity index (χ1) is 15.2. The Labute approximate surface area is 186 Å². The standard InChI is InChI=1S/C22H25NO8S/c1-28-19-11-16(12-20(29-2)21(19)30-3)22(25)31-13-18(24)15-7-8-17-14(10-15)6-5-9-23(17)32(4,26)27/h7-8,10-12H,5-6,9,13H2,1-4H3. The summed E-state index contributed by atoms with van der Waals surface area (Å²) in [5.74, 6) is -0.214. The smallest absolute Gasteiger partial charge is 0.338 e. The SMILES string of the molecule is COc1cc(C(=O)OCC(=O)c2ccc3c(c2)CCCN3S(C)(=O)=O)cc(OC)c1OC. The van der Waals surface area contributed by atoms with Gasteiger partial charge in [-0.2, -0.15) is 0 Å². The fourth-order valence-corrected chi connectivity index (χ4v) is 4.57. The van der Waals surface area contributed by atoms with Crippen molar-refractivity contribution in [2.24, 2.45) is 0 Å². The summed E-state index contributed by atoms with van der Waals surface area (Å²) >= 11 is 0. The number of carbonyl (C=O) groups is 2. The van der Waals surface area contributed by atoms with Crippen LogP contribution in [0.25, 0.3) is 0 Å². The number of Topliss-reactive ketones (excluding diaryl/α,β-unsaturated/α-hetero) is 1. The third-order valence-corrected chi connectivity index (χ3v) is 6.29. The zero-order valence-corrected chi connectivity index (χ0v) is 19.2. The van der Waals surface area contributed by atoms with Crippen LogP contribution in [-0.2, 0) is 21.2 Å². The molecular formula is C22H25NO8S. The number of hydrogen-bond acceptors (Lipinski definition) is 8. The highest BCUT2D eigenvalue weighted by Gasteiger charge is 2.25. The molecule has 1 aliphatic rings. The molecule has 10 heteroatoms. The number of rotatable bonds is 8. The van der Waals surface area contributed by atoms with E-state index in [1.165, 1.54) is 43.8 Å². The van der Waals surface area contributed by atoms with Crippen LogP contribution < -0.4 is 18.5 Å². The Kier molecular flexibility index (Phi) is 6.93. The largest absolute Gasteiger partial charge is 0.493 e. The van der Waals surface area contributed by atoms with Crippen molar-refractivity contribution in [3.8, 4) is 17.2 Å². The molecule has 0 amide bonds. The first kappa shape index (κ1) is 23.4. The van der Waals surface area contributed by atoms with Gasteiger partial charge in [-0.3, -0.25) is 9.10 Å². The monoisotopic (exact) mass is 463 g/mol. The quantitative estimate of drug-likeness (QED) is 0.434. The van der Waals surface area contributed by atoms with Gasteiger partial charge in [0, 0.05) is 12.1 Å². The topological polar surface area (TPSA) is 108 Å². The van der Waals surface area contributed by atoms with Gasteiger partial charge in [-0.25, -0.2) is 13.2 Å². The van der Waals surface area contributed by atoms with Gasteiger partial charge in [0.2, 0.25) is 15.8 Å². The predicted molar refractivity (Wildman–Crippen MR) is 118 cm³/mol. The molecule has 0 aromatic heterocycles. The Balaban J connectivity index is 1.74. The maximum absolute atomic E-state index is 12.6. The number of nitrogens with zero attached hydrogens (tertiary/aromatic N) is 1. The van der Waals surface area contributed by atoms with Crippen LogP contribution in [0.15, 0.2) is 30.3 Å². The number of ketones is 1. The molecule has 9 nitrogen and oxygen atoms in total. The molecule has 1 aliphatic heterocycles. The van der Waals surface area contributed by atoms with Gasteiger partial charge in [0.05, 0.1) is 38.8 Å². The summed E-state index contributed by atoms with van der Waals surface area (Å²) in [6, 6.07) is 7.68. The van der Waals surface area contributed by atoms with E-state index < -0.39 is 28.4 Å². The molecule has 0 unspecified atom stereocenters. The van der Waals surface area contributed by atoms with Gasteiger partial charge in [-0.05, 0) is 48.7 Å². The minimum atomic E-state index is -3.39. The molecule has 1 heterocycles. The highest BCUT2D eigenvalue weighted by atomic mass is 32.2. The summed E-state index contributed by atoms with van der Waals surface area (Å²) in [5, 5.41) is 0. The number of carbonyl (C=O) groups excluding carboxylic acids is 2. The molecule has 0 saturated heterocycles. The van der Waals surface area contributed by atoms with Crippen molar-refractivity contribution in [3.05, 3.63) is 47.0 Å². The van der Waals surface area contributed by atoms with Gasteiger partial charge in [-0.15, -0.1) is 0 Å². The lowest BCUT2D eigenvalue weighted by Gasteiger charge is -2.29. The molecule has 32 heavy (non-hydrogen) atoms. The van der Waals surface area contributed by atoms with E-state index in [0.29, 0.717) is 36.4 Å². The summed E-state index contributed by atoms with van der Waals surface area (Å²) in [6.45, 7) is -0.0599. The van der Waals surface area contributed by atoms with Crippen LogP contribution in [0.1, 0.15) is 32.7 Å². The molecule has 0 atom stereocenters. The maximum atomic E-state index is 12.6. The average molecular weight is 464 g/mol. The Hall–Kier alpha value is -3.27. The minimum Gasteiger partial charge on any atom is -0.493 e. The van der Waals surface area contributed by atoms with E-state index in [2.05, 4.69) is 0 Å². The van der Waals surface area contributed by atoms with E-state index in [1.54, 1.807) is 12.1 Å². The third kappa shape index (κ3) is 4.80. The Bertz CT molecular complexity index is 1120. The van der Waals surface area contributed by atoms with E-state index >= 15 is 0 Å².